The molecule has 6 heteroatoms. The molecule has 2 rings (SSSR count). The first kappa shape index (κ1) is 15.7. The number of methoxy groups -OCH3 is 1. The minimum absolute atomic E-state index is 0.00738. The molecular weight excluding hydrogens is 291 g/mol. The minimum Gasteiger partial charge on any atom is -0.497 e. The van der Waals surface area contributed by atoms with E-state index < -0.39 is 7.82 Å². The third kappa shape index (κ3) is 5.33. The zero-order chi connectivity index (χ0) is 15.1. The first-order valence-corrected chi connectivity index (χ1v) is 7.87. The molecule has 0 bridgehead atoms. The zero-order valence-corrected chi connectivity index (χ0v) is 12.5. The number of hydrogen-bond donors (Lipinski definition) is 1. The largest absolute Gasteiger partial charge is 0.497 e. The molecule has 0 radical (unpaired) electrons. The maximum absolute atomic E-state index is 11.8. The van der Waals surface area contributed by atoms with Gasteiger partial charge in [-0.05, 0) is 23.3 Å². The molecule has 21 heavy (non-hydrogen) atoms. The summed E-state index contributed by atoms with van der Waals surface area (Å²) in [6.45, 7) is 0.0177. The van der Waals surface area contributed by atoms with Crippen molar-refractivity contribution in [1.29, 1.82) is 0 Å². The Kier molecular flexibility index (Phi) is 5.53. The van der Waals surface area contributed by atoms with Crippen LogP contribution in [0.2, 0.25) is 0 Å². The van der Waals surface area contributed by atoms with Crippen LogP contribution in [-0.2, 0) is 26.8 Å². The summed E-state index contributed by atoms with van der Waals surface area (Å²) in [5.41, 5.74) is 1.56. The van der Waals surface area contributed by atoms with Crippen molar-refractivity contribution in [3.05, 3.63) is 65.7 Å². The van der Waals surface area contributed by atoms with Gasteiger partial charge < -0.3 is 9.63 Å². The Bertz CT molecular complexity index is 597. The molecule has 1 atom stereocenters. The summed E-state index contributed by atoms with van der Waals surface area (Å²) in [6.07, 6.45) is 0. The molecule has 0 aromatic heterocycles. The minimum atomic E-state index is -4.07. The molecule has 0 aliphatic carbocycles. The zero-order valence-electron chi connectivity index (χ0n) is 11.6. The van der Waals surface area contributed by atoms with Crippen LogP contribution in [0, 0.1) is 0 Å². The van der Waals surface area contributed by atoms with Crippen LogP contribution in [0.1, 0.15) is 11.1 Å². The molecule has 0 saturated heterocycles. The van der Waals surface area contributed by atoms with Crippen LogP contribution in [0.3, 0.4) is 0 Å². The topological polar surface area (TPSA) is 65.0 Å². The van der Waals surface area contributed by atoms with Crippen LogP contribution >= 0.6 is 7.82 Å². The van der Waals surface area contributed by atoms with Gasteiger partial charge in [-0.1, -0.05) is 42.5 Å². The Balaban J connectivity index is 1.84. The molecule has 0 fully saturated rings. The van der Waals surface area contributed by atoms with Crippen LogP contribution < -0.4 is 4.74 Å². The van der Waals surface area contributed by atoms with E-state index in [1.54, 1.807) is 31.4 Å². The number of phosphoric ester groups is 1. The van der Waals surface area contributed by atoms with Crippen molar-refractivity contribution in [2.75, 3.05) is 7.11 Å². The van der Waals surface area contributed by atoms with Gasteiger partial charge in [-0.2, -0.15) is 0 Å². The molecule has 0 heterocycles. The summed E-state index contributed by atoms with van der Waals surface area (Å²) in [5.74, 6) is 0.714. The Morgan fingerprint density at radius 3 is 1.95 bits per heavy atom. The SMILES string of the molecule is COc1ccc(COP(=O)(O)OCc2ccccc2)cc1. The Morgan fingerprint density at radius 2 is 1.43 bits per heavy atom. The van der Waals surface area contributed by atoms with Crippen molar-refractivity contribution in [2.45, 2.75) is 13.2 Å². The van der Waals surface area contributed by atoms with Crippen LogP contribution in [0.25, 0.3) is 0 Å². The van der Waals surface area contributed by atoms with Crippen molar-refractivity contribution >= 4 is 7.82 Å². The molecule has 5 nitrogen and oxygen atoms in total. The molecule has 0 aliphatic rings. The lowest BCUT2D eigenvalue weighted by Crippen LogP contribution is -1.97. The first-order chi connectivity index (χ1) is 10.1. The normalized spacial score (nSPS) is 13.6. The highest BCUT2D eigenvalue weighted by Crippen LogP contribution is 2.44. The second-order valence-corrected chi connectivity index (χ2v) is 5.80. The number of benzene rings is 2. The number of hydrogen-bond acceptors (Lipinski definition) is 4. The van der Waals surface area contributed by atoms with Gasteiger partial charge in [0.05, 0.1) is 20.3 Å². The summed E-state index contributed by atoms with van der Waals surface area (Å²) in [6, 6.07) is 16.2. The van der Waals surface area contributed by atoms with Crippen molar-refractivity contribution in [1.82, 2.24) is 0 Å². The third-order valence-corrected chi connectivity index (χ3v) is 3.70. The highest BCUT2D eigenvalue weighted by Gasteiger charge is 2.21. The van der Waals surface area contributed by atoms with E-state index in [9.17, 15) is 9.46 Å². The predicted octanol–water partition coefficient (Wildman–Crippen LogP) is 3.53. The third-order valence-electron chi connectivity index (χ3n) is 2.79. The fraction of sp³-hybridized carbons (Fsp3) is 0.200. The fourth-order valence-electron chi connectivity index (χ4n) is 1.65. The number of phosphoric acid groups is 1. The van der Waals surface area contributed by atoms with E-state index in [1.807, 2.05) is 30.3 Å². The molecule has 0 amide bonds. The Labute approximate surface area is 123 Å². The molecule has 2 aromatic rings. The molecule has 2 aromatic carbocycles. The summed E-state index contributed by atoms with van der Waals surface area (Å²) in [7, 11) is -2.50. The van der Waals surface area contributed by atoms with Gasteiger partial charge in [0.25, 0.3) is 0 Å². The molecule has 1 unspecified atom stereocenters. The van der Waals surface area contributed by atoms with Gasteiger partial charge in [0.2, 0.25) is 0 Å². The van der Waals surface area contributed by atoms with Crippen molar-refractivity contribution in [2.24, 2.45) is 0 Å². The van der Waals surface area contributed by atoms with Gasteiger partial charge in [0.15, 0.2) is 0 Å². The quantitative estimate of drug-likeness (QED) is 0.793. The first-order valence-electron chi connectivity index (χ1n) is 6.38. The van der Waals surface area contributed by atoms with E-state index in [4.69, 9.17) is 13.8 Å². The Morgan fingerprint density at radius 1 is 0.905 bits per heavy atom. The average Bonchev–Trinajstić information content (AvgIpc) is 2.53. The summed E-state index contributed by atoms with van der Waals surface area (Å²) < 4.78 is 26.7. The van der Waals surface area contributed by atoms with E-state index in [0.29, 0.717) is 5.75 Å². The van der Waals surface area contributed by atoms with E-state index in [2.05, 4.69) is 0 Å². The summed E-state index contributed by atoms with van der Waals surface area (Å²) in [5, 5.41) is 0. The van der Waals surface area contributed by atoms with Crippen molar-refractivity contribution in [3.63, 3.8) is 0 Å². The lowest BCUT2D eigenvalue weighted by atomic mass is 10.2. The fourth-order valence-corrected chi connectivity index (χ4v) is 2.34. The molecular formula is C15H17O5P. The highest BCUT2D eigenvalue weighted by molar-refractivity contribution is 7.47. The van der Waals surface area contributed by atoms with Gasteiger partial charge in [0, 0.05) is 0 Å². The smallest absolute Gasteiger partial charge is 0.472 e. The monoisotopic (exact) mass is 308 g/mol. The highest BCUT2D eigenvalue weighted by atomic mass is 31.2. The molecule has 0 saturated carbocycles. The number of rotatable bonds is 7. The lowest BCUT2D eigenvalue weighted by Gasteiger charge is -2.12. The van der Waals surface area contributed by atoms with Gasteiger partial charge in [-0.3, -0.25) is 9.05 Å². The van der Waals surface area contributed by atoms with Crippen LogP contribution in [0.5, 0.6) is 5.75 Å². The van der Waals surface area contributed by atoms with Crippen LogP contribution in [0.15, 0.2) is 54.6 Å². The van der Waals surface area contributed by atoms with Crippen LogP contribution in [-0.4, -0.2) is 12.0 Å². The standard InChI is InChI=1S/C15H17O5P/c1-18-15-9-7-14(8-10-15)12-20-21(16,17)19-11-13-5-3-2-4-6-13/h2-10H,11-12H2,1H3,(H,16,17). The van der Waals surface area contributed by atoms with Crippen LogP contribution in [0.4, 0.5) is 0 Å². The van der Waals surface area contributed by atoms with E-state index >= 15 is 0 Å². The summed E-state index contributed by atoms with van der Waals surface area (Å²) >= 11 is 0. The molecule has 1 N–H and O–H groups in total. The summed E-state index contributed by atoms with van der Waals surface area (Å²) in [4.78, 5) is 9.62. The van der Waals surface area contributed by atoms with Gasteiger partial charge in [-0.25, -0.2) is 4.57 Å². The lowest BCUT2D eigenvalue weighted by molar-refractivity contribution is 0.137. The maximum Gasteiger partial charge on any atom is 0.472 e. The van der Waals surface area contributed by atoms with Crippen molar-refractivity contribution < 1.29 is 23.2 Å². The van der Waals surface area contributed by atoms with E-state index in [-0.39, 0.29) is 13.2 Å². The molecule has 0 aliphatic heterocycles. The van der Waals surface area contributed by atoms with Crippen molar-refractivity contribution in [3.8, 4) is 5.75 Å². The van der Waals surface area contributed by atoms with Gasteiger partial charge >= 0.3 is 7.82 Å². The maximum atomic E-state index is 11.8. The second-order valence-electron chi connectivity index (χ2n) is 4.35. The predicted molar refractivity (Wildman–Crippen MR) is 78.8 cm³/mol. The van der Waals surface area contributed by atoms with Gasteiger partial charge in [0.1, 0.15) is 5.75 Å². The number of ether oxygens (including phenoxy) is 1. The Hall–Kier alpha value is -1.65. The molecule has 0 spiro atoms. The molecule has 112 valence electrons. The van der Waals surface area contributed by atoms with Gasteiger partial charge in [-0.15, -0.1) is 0 Å². The van der Waals surface area contributed by atoms with E-state index in [1.165, 1.54) is 0 Å². The second kappa shape index (κ2) is 7.38. The van der Waals surface area contributed by atoms with E-state index in [0.717, 1.165) is 11.1 Å². The average molecular weight is 308 g/mol.